The molecule has 0 spiro atoms. The second-order valence-corrected chi connectivity index (χ2v) is 10.5. The molecule has 5 rings (SSSR count). The summed E-state index contributed by atoms with van der Waals surface area (Å²) < 4.78 is 18.7. The first-order valence-electron chi connectivity index (χ1n) is 12.3. The second kappa shape index (κ2) is 9.33. The minimum absolute atomic E-state index is 0.0120. The van der Waals surface area contributed by atoms with Crippen LogP contribution >= 0.6 is 0 Å². The van der Waals surface area contributed by atoms with Gasteiger partial charge in [-0.15, -0.1) is 0 Å². The summed E-state index contributed by atoms with van der Waals surface area (Å²) >= 11 is 0. The lowest BCUT2D eigenvalue weighted by molar-refractivity contribution is -0.263. The molecule has 2 fully saturated rings. The van der Waals surface area contributed by atoms with E-state index in [0.717, 1.165) is 0 Å². The number of hydrogen-bond acceptors (Lipinski definition) is 7. The fourth-order valence-corrected chi connectivity index (χ4v) is 6.28. The van der Waals surface area contributed by atoms with Crippen LogP contribution in [0.25, 0.3) is 0 Å². The van der Waals surface area contributed by atoms with Crippen molar-refractivity contribution in [3.8, 4) is 0 Å². The van der Waals surface area contributed by atoms with Crippen LogP contribution in [0.2, 0.25) is 0 Å². The van der Waals surface area contributed by atoms with Gasteiger partial charge in [0.25, 0.3) is 0 Å². The van der Waals surface area contributed by atoms with E-state index < -0.39 is 36.2 Å². The maximum atomic E-state index is 12.8. The third-order valence-corrected chi connectivity index (χ3v) is 8.11. The van der Waals surface area contributed by atoms with Crippen molar-refractivity contribution in [2.24, 2.45) is 35.3 Å². The molecule has 8 nitrogen and oxygen atoms in total. The van der Waals surface area contributed by atoms with Gasteiger partial charge in [-0.2, -0.15) is 0 Å². The molecule has 12 atom stereocenters. The van der Waals surface area contributed by atoms with E-state index in [9.17, 15) is 15.0 Å². The number of carbonyl (C=O) groups is 1. The van der Waals surface area contributed by atoms with Gasteiger partial charge in [0.05, 0.1) is 30.8 Å². The Hall–Kier alpha value is -1.81. The molecule has 2 saturated heterocycles. The van der Waals surface area contributed by atoms with Crippen LogP contribution in [0.4, 0.5) is 0 Å². The largest absolute Gasteiger partial charge is 0.389 e. The average Bonchev–Trinajstić information content (AvgIpc) is 3.11. The highest BCUT2D eigenvalue weighted by atomic mass is 16.7. The van der Waals surface area contributed by atoms with E-state index in [1.807, 2.05) is 13.0 Å². The third-order valence-electron chi connectivity index (χ3n) is 8.11. The quantitative estimate of drug-likeness (QED) is 0.439. The normalized spacial score (nSPS) is 52.1. The molecule has 5 aliphatic rings. The molecule has 2 aliphatic carbocycles. The van der Waals surface area contributed by atoms with Gasteiger partial charge in [-0.3, -0.25) is 4.79 Å². The Morgan fingerprint density at radius 2 is 1.85 bits per heavy atom. The van der Waals surface area contributed by atoms with E-state index in [-0.39, 0.29) is 54.6 Å². The molecular formula is C26H36N2O6. The summed E-state index contributed by atoms with van der Waals surface area (Å²) in [7, 11) is 0. The van der Waals surface area contributed by atoms with Crippen LogP contribution in [-0.4, -0.2) is 71.6 Å². The van der Waals surface area contributed by atoms with Crippen LogP contribution in [-0.2, 0) is 19.0 Å². The molecule has 186 valence electrons. The van der Waals surface area contributed by atoms with Gasteiger partial charge >= 0.3 is 0 Å². The van der Waals surface area contributed by atoms with Gasteiger partial charge in [-0.25, -0.2) is 0 Å². The molecule has 0 aromatic carbocycles. The van der Waals surface area contributed by atoms with Crippen molar-refractivity contribution in [1.82, 2.24) is 5.32 Å². The Kier molecular flexibility index (Phi) is 6.56. The van der Waals surface area contributed by atoms with Crippen LogP contribution < -0.4 is 11.1 Å². The summed E-state index contributed by atoms with van der Waals surface area (Å²) in [6.07, 6.45) is 13.5. The first-order valence-corrected chi connectivity index (χ1v) is 12.3. The van der Waals surface area contributed by atoms with Gasteiger partial charge in [0.1, 0.15) is 18.3 Å². The molecule has 0 radical (unpaired) electrons. The van der Waals surface area contributed by atoms with E-state index in [2.05, 4.69) is 54.8 Å². The van der Waals surface area contributed by atoms with Gasteiger partial charge in [-0.05, 0) is 12.8 Å². The standard InChI is InChI=1S/C26H36N2O6/c1-14-5-3-4-6-15-7-8-16-9-10-19(33-25-23(27)24(31)17(29)13-32-25)26(2)22(16)21(15)18(34-26)11-20(30)28-12-14/h3-10,14-19,21-25,29,31H,11-13,27H2,1-2H3,(H,28,30)/b5-3-,6-4+/t14-,15-,16-,17-,18-,19+,21-,22+,23-,24+,25+,26+/m0/s1. The highest BCUT2D eigenvalue weighted by Gasteiger charge is 2.62. The molecular weight excluding hydrogens is 436 g/mol. The summed E-state index contributed by atoms with van der Waals surface area (Å²) in [5.74, 6) is 0.747. The van der Waals surface area contributed by atoms with Crippen LogP contribution in [0.5, 0.6) is 0 Å². The van der Waals surface area contributed by atoms with Crippen molar-refractivity contribution in [3.05, 3.63) is 48.6 Å². The predicted molar refractivity (Wildman–Crippen MR) is 125 cm³/mol. The first-order chi connectivity index (χ1) is 16.3. The summed E-state index contributed by atoms with van der Waals surface area (Å²) in [4.78, 5) is 12.8. The van der Waals surface area contributed by atoms with Crippen LogP contribution in [0.3, 0.4) is 0 Å². The number of nitrogens with one attached hydrogen (secondary N) is 1. The minimum Gasteiger partial charge on any atom is -0.389 e. The Morgan fingerprint density at radius 3 is 2.68 bits per heavy atom. The fraction of sp³-hybridized carbons (Fsp3) is 0.654. The summed E-state index contributed by atoms with van der Waals surface area (Å²) in [5, 5.41) is 23.1. The van der Waals surface area contributed by atoms with Crippen LogP contribution in [0.1, 0.15) is 20.3 Å². The molecule has 8 heteroatoms. The van der Waals surface area contributed by atoms with E-state index in [0.29, 0.717) is 6.54 Å². The van der Waals surface area contributed by atoms with Crippen molar-refractivity contribution in [3.63, 3.8) is 0 Å². The zero-order valence-electron chi connectivity index (χ0n) is 19.7. The van der Waals surface area contributed by atoms with Crippen molar-refractivity contribution >= 4 is 5.91 Å². The molecule has 5 N–H and O–H groups in total. The zero-order valence-corrected chi connectivity index (χ0v) is 19.7. The monoisotopic (exact) mass is 472 g/mol. The number of nitrogens with two attached hydrogens (primary N) is 1. The Labute approximate surface area is 200 Å². The molecule has 0 unspecified atom stereocenters. The minimum atomic E-state index is -1.13. The Bertz CT molecular complexity index is 902. The van der Waals surface area contributed by atoms with Crippen LogP contribution in [0.15, 0.2) is 48.6 Å². The van der Waals surface area contributed by atoms with Gasteiger partial charge in [0.15, 0.2) is 6.29 Å². The van der Waals surface area contributed by atoms with Gasteiger partial charge in [0.2, 0.25) is 5.91 Å². The predicted octanol–water partition coefficient (Wildman–Crippen LogP) is 0.807. The van der Waals surface area contributed by atoms with E-state index >= 15 is 0 Å². The molecule has 0 aromatic heterocycles. The highest BCUT2D eigenvalue weighted by Crippen LogP contribution is 2.56. The summed E-state index contributed by atoms with van der Waals surface area (Å²) in [5.41, 5.74) is 5.41. The van der Waals surface area contributed by atoms with Gasteiger partial charge in [-0.1, -0.05) is 55.5 Å². The Morgan fingerprint density at radius 1 is 1.12 bits per heavy atom. The van der Waals surface area contributed by atoms with Gasteiger partial charge in [0, 0.05) is 30.2 Å². The lowest BCUT2D eigenvalue weighted by Gasteiger charge is -2.47. The number of ether oxygens (including phenoxy) is 3. The number of aliphatic hydroxyl groups excluding tert-OH is 2. The zero-order chi connectivity index (χ0) is 24.0. The van der Waals surface area contributed by atoms with Crippen molar-refractivity contribution in [2.45, 2.75) is 62.6 Å². The maximum absolute atomic E-state index is 12.8. The molecule has 1 amide bonds. The number of carbonyl (C=O) groups excluding carboxylic acids is 1. The van der Waals surface area contributed by atoms with E-state index in [4.69, 9.17) is 19.9 Å². The van der Waals surface area contributed by atoms with E-state index in [1.54, 1.807) is 0 Å². The number of rotatable bonds is 2. The lowest BCUT2D eigenvalue weighted by Crippen LogP contribution is -2.61. The number of aliphatic hydroxyl groups is 2. The third kappa shape index (κ3) is 4.21. The molecule has 0 saturated carbocycles. The van der Waals surface area contributed by atoms with Gasteiger partial charge < -0.3 is 35.5 Å². The smallest absolute Gasteiger partial charge is 0.222 e. The highest BCUT2D eigenvalue weighted by molar-refractivity contribution is 5.76. The van der Waals surface area contributed by atoms with Crippen molar-refractivity contribution in [2.75, 3.05) is 13.2 Å². The molecule has 3 aliphatic heterocycles. The van der Waals surface area contributed by atoms with Crippen molar-refractivity contribution < 1.29 is 29.2 Å². The maximum Gasteiger partial charge on any atom is 0.222 e. The summed E-state index contributed by atoms with van der Waals surface area (Å²) in [6, 6.07) is -0.880. The van der Waals surface area contributed by atoms with E-state index in [1.165, 1.54) is 0 Å². The van der Waals surface area contributed by atoms with Crippen molar-refractivity contribution in [1.29, 1.82) is 0 Å². The Balaban J connectivity index is 1.44. The molecule has 34 heavy (non-hydrogen) atoms. The molecule has 0 aromatic rings. The number of amides is 1. The average molecular weight is 473 g/mol. The second-order valence-electron chi connectivity index (χ2n) is 10.5. The fourth-order valence-electron chi connectivity index (χ4n) is 6.28. The topological polar surface area (TPSA) is 123 Å². The summed E-state index contributed by atoms with van der Waals surface area (Å²) in [6.45, 7) is 4.66. The SMILES string of the molecule is C[C@H]1/C=C\C=C\[C@H]2C=C[C@H]3C=C[C@@H](O[C@H]4OC[C@H](O)[C@@H](O)[C@@H]4N)[C@@]4(C)O[C@@H](CC(=O)NC1)[C@H]2[C@@H]34. The number of hydrogen-bond donors (Lipinski definition) is 4. The molecule has 3 heterocycles. The molecule has 0 bridgehead atoms. The number of allylic oxidation sites excluding steroid dienone is 6. The first kappa shape index (κ1) is 23.9. The van der Waals surface area contributed by atoms with Crippen LogP contribution in [0, 0.1) is 29.6 Å². The lowest BCUT2D eigenvalue weighted by atomic mass is 9.60.